The van der Waals surface area contributed by atoms with Crippen LogP contribution in [0.15, 0.2) is 42.5 Å². The number of hydrogen-bond donors (Lipinski definition) is 1. The van der Waals surface area contributed by atoms with Gasteiger partial charge in [-0.2, -0.15) is 0 Å². The lowest BCUT2D eigenvalue weighted by Gasteiger charge is -2.16. The van der Waals surface area contributed by atoms with Gasteiger partial charge in [-0.15, -0.1) is 10.2 Å². The van der Waals surface area contributed by atoms with Crippen LogP contribution in [0.3, 0.4) is 0 Å². The Morgan fingerprint density at radius 2 is 1.63 bits per heavy atom. The van der Waals surface area contributed by atoms with Crippen LogP contribution in [0.1, 0.15) is 72.9 Å². The molecule has 0 bridgehead atoms. The first kappa shape index (κ1) is 23.0. The number of aryl methyl sites for hydroxylation is 2. The van der Waals surface area contributed by atoms with Crippen LogP contribution in [-0.2, 0) is 24.1 Å². The highest BCUT2D eigenvalue weighted by molar-refractivity contribution is 7.15. The second-order valence-corrected chi connectivity index (χ2v) is 9.78. The molecule has 0 atom stereocenters. The third kappa shape index (κ3) is 4.90. The summed E-state index contributed by atoms with van der Waals surface area (Å²) in [5, 5.41) is 11.6. The van der Waals surface area contributed by atoms with Gasteiger partial charge in [-0.3, -0.25) is 24.1 Å². The van der Waals surface area contributed by atoms with Crippen LogP contribution in [0.4, 0.5) is 5.13 Å². The number of carbonyl (C=O) groups is 4. The van der Waals surface area contributed by atoms with Crippen LogP contribution < -0.4 is 5.32 Å². The predicted molar refractivity (Wildman–Crippen MR) is 131 cm³/mol. The summed E-state index contributed by atoms with van der Waals surface area (Å²) in [7, 11) is 0. The third-order valence-corrected chi connectivity index (χ3v) is 7.29. The monoisotopic (exact) mass is 488 g/mol. The standard InChI is InChI=1S/C26H24N4O4S/c31-21(18-10-9-16-5-1-2-6-17(16)15-18)11-12-22(32)27-26-29-28-23(35-26)13-14-30-24(33)19-7-3-4-8-20(19)25(30)34/h3-4,7-10,15H,1-2,5-6,11-14H2,(H,27,29,32). The Labute approximate surface area is 206 Å². The minimum Gasteiger partial charge on any atom is -0.301 e. The number of nitrogens with zero attached hydrogens (tertiary/aromatic N) is 3. The van der Waals surface area contributed by atoms with E-state index in [0.29, 0.717) is 33.3 Å². The van der Waals surface area contributed by atoms with Crippen LogP contribution in [0.25, 0.3) is 0 Å². The van der Waals surface area contributed by atoms with Gasteiger partial charge in [0.25, 0.3) is 11.8 Å². The zero-order valence-electron chi connectivity index (χ0n) is 19.1. The number of hydrogen-bond acceptors (Lipinski definition) is 7. The maximum Gasteiger partial charge on any atom is 0.261 e. The van der Waals surface area contributed by atoms with E-state index in [1.165, 1.54) is 33.8 Å². The Kier molecular flexibility index (Phi) is 6.50. The molecule has 0 saturated heterocycles. The normalized spacial score (nSPS) is 14.6. The van der Waals surface area contributed by atoms with E-state index in [9.17, 15) is 19.2 Å². The SMILES string of the molecule is O=C(CCC(=O)c1ccc2c(c1)CCCC2)Nc1nnc(CCN2C(=O)c3ccccc3C2=O)s1. The summed E-state index contributed by atoms with van der Waals surface area (Å²) in [6.07, 6.45) is 4.93. The smallest absolute Gasteiger partial charge is 0.261 e. The summed E-state index contributed by atoms with van der Waals surface area (Å²) in [5.74, 6) is -0.980. The molecule has 0 fully saturated rings. The number of rotatable bonds is 8. The van der Waals surface area contributed by atoms with Crippen LogP contribution in [0.2, 0.25) is 0 Å². The first-order valence-electron chi connectivity index (χ1n) is 11.7. The van der Waals surface area contributed by atoms with Crippen molar-refractivity contribution in [3.63, 3.8) is 0 Å². The van der Waals surface area contributed by atoms with E-state index in [1.807, 2.05) is 18.2 Å². The molecular formula is C26H24N4O4S. The first-order valence-corrected chi connectivity index (χ1v) is 12.5. The number of anilines is 1. The van der Waals surface area contributed by atoms with Crippen LogP contribution in [0.5, 0.6) is 0 Å². The molecular weight excluding hydrogens is 464 g/mol. The van der Waals surface area contributed by atoms with Gasteiger partial charge in [-0.25, -0.2) is 0 Å². The fourth-order valence-corrected chi connectivity index (χ4v) is 5.26. The predicted octanol–water partition coefficient (Wildman–Crippen LogP) is 3.86. The van der Waals surface area contributed by atoms with Crippen molar-refractivity contribution in [3.05, 3.63) is 75.3 Å². The van der Waals surface area contributed by atoms with Crippen LogP contribution in [0, 0.1) is 0 Å². The molecule has 3 aromatic rings. The van der Waals surface area contributed by atoms with Crippen molar-refractivity contribution in [2.45, 2.75) is 44.9 Å². The molecule has 2 heterocycles. The number of carbonyl (C=O) groups excluding carboxylic acids is 4. The van der Waals surface area contributed by atoms with Crippen molar-refractivity contribution in [2.75, 3.05) is 11.9 Å². The highest BCUT2D eigenvalue weighted by Gasteiger charge is 2.34. The maximum absolute atomic E-state index is 12.6. The zero-order valence-corrected chi connectivity index (χ0v) is 19.9. The zero-order chi connectivity index (χ0) is 24.4. The van der Waals surface area contributed by atoms with Gasteiger partial charge in [0.2, 0.25) is 11.0 Å². The Hall–Kier alpha value is -3.72. The largest absolute Gasteiger partial charge is 0.301 e. The van der Waals surface area contributed by atoms with Crippen molar-refractivity contribution in [2.24, 2.45) is 0 Å². The lowest BCUT2D eigenvalue weighted by atomic mass is 9.89. The fourth-order valence-electron chi connectivity index (χ4n) is 4.51. The van der Waals surface area contributed by atoms with Crippen molar-refractivity contribution in [1.82, 2.24) is 15.1 Å². The molecule has 0 radical (unpaired) electrons. The number of imide groups is 1. The quantitative estimate of drug-likeness (QED) is 0.381. The van der Waals surface area contributed by atoms with E-state index in [4.69, 9.17) is 0 Å². The summed E-state index contributed by atoms with van der Waals surface area (Å²) in [6, 6.07) is 12.6. The summed E-state index contributed by atoms with van der Waals surface area (Å²) in [5.41, 5.74) is 4.04. The topological polar surface area (TPSA) is 109 Å². The number of fused-ring (bicyclic) bond motifs is 2. The highest BCUT2D eigenvalue weighted by atomic mass is 32.1. The fraction of sp³-hybridized carbons (Fsp3) is 0.308. The molecule has 35 heavy (non-hydrogen) atoms. The van der Waals surface area contributed by atoms with Crippen LogP contribution in [-0.4, -0.2) is 45.1 Å². The summed E-state index contributed by atoms with van der Waals surface area (Å²) >= 11 is 1.19. The highest BCUT2D eigenvalue weighted by Crippen LogP contribution is 2.25. The number of ketones is 1. The van der Waals surface area contributed by atoms with Gasteiger partial charge in [0, 0.05) is 31.4 Å². The van der Waals surface area contributed by atoms with E-state index in [-0.39, 0.29) is 42.9 Å². The van der Waals surface area contributed by atoms with E-state index < -0.39 is 0 Å². The molecule has 1 aliphatic carbocycles. The molecule has 178 valence electrons. The lowest BCUT2D eigenvalue weighted by molar-refractivity contribution is -0.116. The molecule has 2 aliphatic rings. The summed E-state index contributed by atoms with van der Waals surface area (Å²) in [4.78, 5) is 51.1. The number of amides is 3. The number of nitrogens with one attached hydrogen (secondary N) is 1. The first-order chi connectivity index (χ1) is 17.0. The average Bonchev–Trinajstić information content (AvgIpc) is 3.42. The molecule has 2 aromatic carbocycles. The molecule has 9 heteroatoms. The van der Waals surface area contributed by atoms with Gasteiger partial charge in [0.05, 0.1) is 11.1 Å². The van der Waals surface area contributed by atoms with E-state index in [0.717, 1.165) is 19.3 Å². The molecule has 1 aliphatic heterocycles. The number of Topliss-reactive ketones (excluding diaryl/α,β-unsaturated/α-hetero) is 1. The van der Waals surface area contributed by atoms with Crippen molar-refractivity contribution >= 4 is 40.0 Å². The second kappa shape index (κ2) is 9.87. The Balaban J connectivity index is 1.11. The molecule has 1 aromatic heterocycles. The van der Waals surface area contributed by atoms with Gasteiger partial charge >= 0.3 is 0 Å². The van der Waals surface area contributed by atoms with E-state index >= 15 is 0 Å². The number of benzene rings is 2. The molecule has 0 saturated carbocycles. The minimum atomic E-state index is -0.313. The Morgan fingerprint density at radius 1 is 0.914 bits per heavy atom. The average molecular weight is 489 g/mol. The summed E-state index contributed by atoms with van der Waals surface area (Å²) in [6.45, 7) is 0.185. The molecule has 1 N–H and O–H groups in total. The van der Waals surface area contributed by atoms with Gasteiger partial charge in [-0.1, -0.05) is 35.6 Å². The third-order valence-electron chi connectivity index (χ3n) is 6.39. The van der Waals surface area contributed by atoms with Gasteiger partial charge < -0.3 is 5.32 Å². The van der Waals surface area contributed by atoms with E-state index in [2.05, 4.69) is 15.5 Å². The Bertz CT molecular complexity index is 1300. The minimum absolute atomic E-state index is 0.0487. The number of aromatic nitrogens is 2. The van der Waals surface area contributed by atoms with Gasteiger partial charge in [0.1, 0.15) is 5.01 Å². The van der Waals surface area contributed by atoms with Crippen molar-refractivity contribution in [3.8, 4) is 0 Å². The molecule has 3 amide bonds. The van der Waals surface area contributed by atoms with E-state index in [1.54, 1.807) is 24.3 Å². The van der Waals surface area contributed by atoms with Crippen LogP contribution >= 0.6 is 11.3 Å². The summed E-state index contributed by atoms with van der Waals surface area (Å²) < 4.78 is 0. The van der Waals surface area contributed by atoms with Gasteiger partial charge in [-0.05, 0) is 55.0 Å². The van der Waals surface area contributed by atoms with Crippen molar-refractivity contribution in [1.29, 1.82) is 0 Å². The van der Waals surface area contributed by atoms with Crippen molar-refractivity contribution < 1.29 is 19.2 Å². The molecule has 0 spiro atoms. The van der Waals surface area contributed by atoms with Gasteiger partial charge in [0.15, 0.2) is 5.78 Å². The Morgan fingerprint density at radius 3 is 2.37 bits per heavy atom. The lowest BCUT2D eigenvalue weighted by Crippen LogP contribution is -2.31. The maximum atomic E-state index is 12.6. The molecule has 5 rings (SSSR count). The molecule has 0 unspecified atom stereocenters. The second-order valence-electron chi connectivity index (χ2n) is 8.72. The molecule has 8 nitrogen and oxygen atoms in total.